The van der Waals surface area contributed by atoms with Crippen molar-refractivity contribution in [3.05, 3.63) is 23.3 Å². The van der Waals surface area contributed by atoms with Crippen molar-refractivity contribution in [2.75, 3.05) is 0 Å². The van der Waals surface area contributed by atoms with Crippen LogP contribution in [0.1, 0.15) is 67.2 Å². The number of carbonyl (C=O) groups excluding carboxylic acids is 1. The topological polar surface area (TPSA) is 46.5 Å². The summed E-state index contributed by atoms with van der Waals surface area (Å²) in [5.41, 5.74) is 1.11. The van der Waals surface area contributed by atoms with E-state index >= 15 is 0 Å². The second-order valence-corrected chi connectivity index (χ2v) is 8.15. The van der Waals surface area contributed by atoms with E-state index in [0.717, 1.165) is 25.7 Å². The van der Waals surface area contributed by atoms with E-state index in [1.165, 1.54) is 5.57 Å². The molecular weight excluding hydrogens is 288 g/mol. The van der Waals surface area contributed by atoms with Gasteiger partial charge in [-0.3, -0.25) is 0 Å². The lowest BCUT2D eigenvalue weighted by Crippen LogP contribution is -2.50. The zero-order valence-corrected chi connectivity index (χ0v) is 15.5. The molecule has 3 heteroatoms. The average molecular weight is 320 g/mol. The highest BCUT2D eigenvalue weighted by Gasteiger charge is 2.59. The van der Waals surface area contributed by atoms with Gasteiger partial charge in [0.15, 0.2) is 0 Å². The average Bonchev–Trinajstić information content (AvgIpc) is 2.69. The number of allylic oxidation sites excluding steroid dienone is 2. The van der Waals surface area contributed by atoms with Gasteiger partial charge in [0.1, 0.15) is 6.10 Å². The fourth-order valence-electron chi connectivity index (χ4n) is 4.43. The fraction of sp³-hybridized carbons (Fsp3) is 0.750. The molecule has 0 bridgehead atoms. The SMILES string of the molecule is CC=C(C)C(=O)OC1CC(C)=CCC2(C)CCC(O)(C(C)C)C12. The molecule has 0 aromatic rings. The molecule has 0 heterocycles. The van der Waals surface area contributed by atoms with E-state index < -0.39 is 5.60 Å². The zero-order valence-electron chi connectivity index (χ0n) is 15.5. The molecule has 1 N–H and O–H groups in total. The monoisotopic (exact) mass is 320 g/mol. The molecule has 3 nitrogen and oxygen atoms in total. The van der Waals surface area contributed by atoms with Crippen molar-refractivity contribution >= 4 is 5.97 Å². The van der Waals surface area contributed by atoms with Crippen LogP contribution in [0.15, 0.2) is 23.3 Å². The highest BCUT2D eigenvalue weighted by atomic mass is 16.5. The maximum Gasteiger partial charge on any atom is 0.333 e. The Kier molecular flexibility index (Phi) is 5.10. The third kappa shape index (κ3) is 3.26. The molecule has 2 rings (SSSR count). The summed E-state index contributed by atoms with van der Waals surface area (Å²) in [6.07, 6.45) is 7.24. The lowest BCUT2D eigenvalue weighted by Gasteiger charge is -2.43. The van der Waals surface area contributed by atoms with Crippen LogP contribution in [0.3, 0.4) is 0 Å². The van der Waals surface area contributed by atoms with Crippen LogP contribution in [-0.4, -0.2) is 22.8 Å². The second-order valence-electron chi connectivity index (χ2n) is 8.15. The summed E-state index contributed by atoms with van der Waals surface area (Å²) in [5, 5.41) is 11.4. The molecule has 1 fully saturated rings. The van der Waals surface area contributed by atoms with Gasteiger partial charge in [-0.1, -0.05) is 38.5 Å². The van der Waals surface area contributed by atoms with Gasteiger partial charge in [-0.15, -0.1) is 0 Å². The largest absolute Gasteiger partial charge is 0.458 e. The van der Waals surface area contributed by atoms with Gasteiger partial charge >= 0.3 is 5.97 Å². The predicted octanol–water partition coefficient (Wildman–Crippen LogP) is 4.41. The Morgan fingerprint density at radius 3 is 2.65 bits per heavy atom. The van der Waals surface area contributed by atoms with Crippen LogP contribution in [0.5, 0.6) is 0 Å². The molecule has 0 aromatic carbocycles. The second kappa shape index (κ2) is 6.43. The number of esters is 1. The van der Waals surface area contributed by atoms with Gasteiger partial charge in [-0.2, -0.15) is 0 Å². The number of hydrogen-bond donors (Lipinski definition) is 1. The summed E-state index contributed by atoms with van der Waals surface area (Å²) in [6, 6.07) is 0. The first-order valence-electron chi connectivity index (χ1n) is 8.86. The quantitative estimate of drug-likeness (QED) is 0.476. The van der Waals surface area contributed by atoms with Crippen molar-refractivity contribution in [3.63, 3.8) is 0 Å². The Balaban J connectivity index is 2.40. The number of ether oxygens (including phenoxy) is 1. The Morgan fingerprint density at radius 2 is 2.09 bits per heavy atom. The minimum absolute atomic E-state index is 0.00837. The Bertz CT molecular complexity index is 531. The Morgan fingerprint density at radius 1 is 1.43 bits per heavy atom. The van der Waals surface area contributed by atoms with E-state index in [9.17, 15) is 9.90 Å². The first-order chi connectivity index (χ1) is 10.6. The minimum Gasteiger partial charge on any atom is -0.458 e. The van der Waals surface area contributed by atoms with Gasteiger partial charge in [0.25, 0.3) is 0 Å². The molecule has 1 saturated carbocycles. The molecule has 130 valence electrons. The molecule has 2 aliphatic carbocycles. The summed E-state index contributed by atoms with van der Waals surface area (Å²) in [6.45, 7) is 12.1. The van der Waals surface area contributed by atoms with Gasteiger partial charge in [0, 0.05) is 17.9 Å². The summed E-state index contributed by atoms with van der Waals surface area (Å²) >= 11 is 0. The predicted molar refractivity (Wildman–Crippen MR) is 92.9 cm³/mol. The fourth-order valence-corrected chi connectivity index (χ4v) is 4.43. The van der Waals surface area contributed by atoms with E-state index in [2.05, 4.69) is 33.8 Å². The molecule has 23 heavy (non-hydrogen) atoms. The van der Waals surface area contributed by atoms with E-state index in [0.29, 0.717) is 5.57 Å². The molecule has 0 amide bonds. The van der Waals surface area contributed by atoms with E-state index in [1.54, 1.807) is 13.0 Å². The third-order valence-corrected chi connectivity index (χ3v) is 6.21. The van der Waals surface area contributed by atoms with Crippen LogP contribution in [-0.2, 0) is 9.53 Å². The lowest BCUT2D eigenvalue weighted by atomic mass is 9.67. The third-order valence-electron chi connectivity index (χ3n) is 6.21. The summed E-state index contributed by atoms with van der Waals surface area (Å²) in [7, 11) is 0. The smallest absolute Gasteiger partial charge is 0.333 e. The van der Waals surface area contributed by atoms with Crippen LogP contribution >= 0.6 is 0 Å². The number of aliphatic hydroxyl groups is 1. The highest BCUT2D eigenvalue weighted by molar-refractivity contribution is 5.87. The van der Waals surface area contributed by atoms with E-state index in [-0.39, 0.29) is 29.3 Å². The van der Waals surface area contributed by atoms with Crippen LogP contribution in [0.4, 0.5) is 0 Å². The van der Waals surface area contributed by atoms with Gasteiger partial charge in [-0.05, 0) is 51.4 Å². The van der Waals surface area contributed by atoms with Gasteiger partial charge in [0.05, 0.1) is 5.60 Å². The zero-order chi connectivity index (χ0) is 17.4. The molecule has 0 aromatic heterocycles. The molecule has 2 aliphatic rings. The number of fused-ring (bicyclic) bond motifs is 1. The minimum atomic E-state index is -0.762. The molecule has 4 atom stereocenters. The number of hydrogen-bond acceptors (Lipinski definition) is 3. The Hall–Kier alpha value is -1.09. The molecule has 0 spiro atoms. The number of carbonyl (C=O) groups is 1. The van der Waals surface area contributed by atoms with Crippen LogP contribution in [0.25, 0.3) is 0 Å². The van der Waals surface area contributed by atoms with Crippen molar-refractivity contribution in [1.82, 2.24) is 0 Å². The number of rotatable bonds is 3. The summed E-state index contributed by atoms with van der Waals surface area (Å²) in [4.78, 5) is 12.3. The van der Waals surface area contributed by atoms with Crippen molar-refractivity contribution in [1.29, 1.82) is 0 Å². The van der Waals surface area contributed by atoms with Crippen molar-refractivity contribution in [2.45, 2.75) is 78.9 Å². The standard InChI is InChI=1S/C20H32O3/c1-7-15(5)18(21)23-16-12-14(4)8-9-19(6)10-11-20(22,13(2)3)17(16)19/h7-8,13,16-17,22H,9-12H2,1-6H3. The van der Waals surface area contributed by atoms with Crippen LogP contribution in [0, 0.1) is 17.3 Å². The molecule has 0 saturated heterocycles. The summed E-state index contributed by atoms with van der Waals surface area (Å²) < 4.78 is 5.91. The van der Waals surface area contributed by atoms with Crippen LogP contribution in [0.2, 0.25) is 0 Å². The lowest BCUT2D eigenvalue weighted by molar-refractivity contribution is -0.161. The highest BCUT2D eigenvalue weighted by Crippen LogP contribution is 2.58. The first kappa shape index (κ1) is 18.3. The van der Waals surface area contributed by atoms with E-state index in [4.69, 9.17) is 4.74 Å². The summed E-state index contributed by atoms with van der Waals surface area (Å²) in [5.74, 6) is -0.124. The molecular formula is C20H32O3. The Labute approximate surface area is 140 Å². The van der Waals surface area contributed by atoms with Crippen molar-refractivity contribution < 1.29 is 14.6 Å². The van der Waals surface area contributed by atoms with E-state index in [1.807, 2.05) is 6.92 Å². The molecule has 0 aliphatic heterocycles. The molecule has 4 unspecified atom stereocenters. The maximum atomic E-state index is 12.3. The first-order valence-corrected chi connectivity index (χ1v) is 8.86. The maximum absolute atomic E-state index is 12.3. The van der Waals surface area contributed by atoms with Crippen molar-refractivity contribution in [3.8, 4) is 0 Å². The van der Waals surface area contributed by atoms with Crippen molar-refractivity contribution in [2.24, 2.45) is 17.3 Å². The van der Waals surface area contributed by atoms with Crippen LogP contribution < -0.4 is 0 Å². The molecule has 0 radical (unpaired) electrons. The van der Waals surface area contributed by atoms with Gasteiger partial charge in [0.2, 0.25) is 0 Å². The normalized spacial score (nSPS) is 38.1. The van der Waals surface area contributed by atoms with Gasteiger partial charge in [-0.25, -0.2) is 4.79 Å². The van der Waals surface area contributed by atoms with Gasteiger partial charge < -0.3 is 9.84 Å².